The summed E-state index contributed by atoms with van der Waals surface area (Å²) in [5.41, 5.74) is 1.40. The quantitative estimate of drug-likeness (QED) is 0.715. The molecule has 3 rings (SSSR count). The highest BCUT2D eigenvalue weighted by atomic mass is 32.2. The monoisotopic (exact) mass is 414 g/mol. The summed E-state index contributed by atoms with van der Waals surface area (Å²) in [5, 5.41) is 10.5. The van der Waals surface area contributed by atoms with Crippen molar-refractivity contribution in [3.8, 4) is 5.75 Å². The number of carbonyl (C=O) groups excluding carboxylic acids is 3. The second-order valence-electron chi connectivity index (χ2n) is 6.27. The van der Waals surface area contributed by atoms with Crippen molar-refractivity contribution in [1.29, 1.82) is 0 Å². The average molecular weight is 414 g/mol. The van der Waals surface area contributed by atoms with Crippen molar-refractivity contribution < 1.29 is 29.0 Å². The standard InChI is InChI=1S/C20H18N2O6S/c1-28-15-7-5-14(6-8-15)22(11-17(23)24)19(26)13-4-2-3-12(9-13)10-16-18(25)21-20(27)29-16/h2-9,16H,10-11H2,1H3,(H,23,24)(H,21,25,27). The number of anilines is 1. The fourth-order valence-electron chi connectivity index (χ4n) is 2.91. The van der Waals surface area contributed by atoms with Crippen molar-refractivity contribution in [2.45, 2.75) is 11.7 Å². The van der Waals surface area contributed by atoms with Gasteiger partial charge in [0.25, 0.3) is 11.1 Å². The molecule has 1 aliphatic rings. The molecule has 2 N–H and O–H groups in total. The largest absolute Gasteiger partial charge is 0.497 e. The van der Waals surface area contributed by atoms with Crippen LogP contribution in [-0.4, -0.2) is 47.0 Å². The Kier molecular flexibility index (Phi) is 6.18. The number of rotatable bonds is 7. The normalized spacial score (nSPS) is 15.7. The predicted molar refractivity (Wildman–Crippen MR) is 107 cm³/mol. The first kappa shape index (κ1) is 20.4. The summed E-state index contributed by atoms with van der Waals surface area (Å²) in [6.07, 6.45) is 0.283. The molecule has 0 saturated carbocycles. The van der Waals surface area contributed by atoms with E-state index in [0.29, 0.717) is 17.0 Å². The smallest absolute Gasteiger partial charge is 0.323 e. The number of thioether (sulfide) groups is 1. The molecule has 0 aliphatic carbocycles. The van der Waals surface area contributed by atoms with Gasteiger partial charge < -0.3 is 9.84 Å². The van der Waals surface area contributed by atoms with Gasteiger partial charge in [0.15, 0.2) is 0 Å². The molecule has 1 unspecified atom stereocenters. The van der Waals surface area contributed by atoms with Crippen LogP contribution >= 0.6 is 11.8 Å². The van der Waals surface area contributed by atoms with Gasteiger partial charge in [-0.05, 0) is 48.4 Å². The van der Waals surface area contributed by atoms with Crippen molar-refractivity contribution in [2.75, 3.05) is 18.6 Å². The van der Waals surface area contributed by atoms with Gasteiger partial charge in [-0.2, -0.15) is 0 Å². The van der Waals surface area contributed by atoms with Gasteiger partial charge in [-0.25, -0.2) is 0 Å². The van der Waals surface area contributed by atoms with E-state index >= 15 is 0 Å². The molecule has 1 fully saturated rings. The SMILES string of the molecule is COc1ccc(N(CC(=O)O)C(=O)c2cccc(CC3SC(=O)NC3=O)c2)cc1. The van der Waals surface area contributed by atoms with Crippen LogP contribution in [-0.2, 0) is 16.0 Å². The highest BCUT2D eigenvalue weighted by Gasteiger charge is 2.31. The maximum atomic E-state index is 13.0. The number of carboxylic acid groups (broad SMARTS) is 1. The van der Waals surface area contributed by atoms with Crippen LogP contribution in [0.2, 0.25) is 0 Å². The molecule has 2 aromatic rings. The van der Waals surface area contributed by atoms with Crippen molar-refractivity contribution >= 4 is 40.5 Å². The minimum atomic E-state index is -1.15. The Balaban J connectivity index is 1.84. The van der Waals surface area contributed by atoms with Gasteiger partial charge in [0, 0.05) is 11.3 Å². The number of nitrogens with zero attached hydrogens (tertiary/aromatic N) is 1. The number of benzene rings is 2. The van der Waals surface area contributed by atoms with Crippen LogP contribution in [0.1, 0.15) is 15.9 Å². The number of aliphatic carboxylic acids is 1. The summed E-state index contributed by atoms with van der Waals surface area (Å²) in [4.78, 5) is 48.6. The van der Waals surface area contributed by atoms with Crippen LogP contribution in [0.25, 0.3) is 0 Å². The minimum absolute atomic E-state index is 0.283. The molecule has 3 amide bonds. The lowest BCUT2D eigenvalue weighted by molar-refractivity contribution is -0.135. The lowest BCUT2D eigenvalue weighted by Gasteiger charge is -2.21. The Hall–Kier alpha value is -3.33. The maximum absolute atomic E-state index is 13.0. The van der Waals surface area contributed by atoms with E-state index in [1.54, 1.807) is 48.5 Å². The highest BCUT2D eigenvalue weighted by molar-refractivity contribution is 8.15. The molecule has 0 radical (unpaired) electrons. The third kappa shape index (κ3) is 4.94. The second-order valence-corrected chi connectivity index (χ2v) is 7.45. The Bertz CT molecular complexity index is 960. The Morgan fingerprint density at radius 2 is 1.90 bits per heavy atom. The number of amides is 3. The number of hydrogen-bond donors (Lipinski definition) is 2. The Morgan fingerprint density at radius 1 is 1.17 bits per heavy atom. The zero-order chi connectivity index (χ0) is 21.0. The van der Waals surface area contributed by atoms with Gasteiger partial charge in [0.2, 0.25) is 5.91 Å². The topological polar surface area (TPSA) is 113 Å². The molecular weight excluding hydrogens is 396 g/mol. The van der Waals surface area contributed by atoms with E-state index in [4.69, 9.17) is 4.74 Å². The first-order valence-corrected chi connectivity index (χ1v) is 9.53. The zero-order valence-electron chi connectivity index (χ0n) is 15.5. The third-order valence-corrected chi connectivity index (χ3v) is 5.27. The predicted octanol–water partition coefficient (Wildman–Crippen LogP) is 2.32. The Morgan fingerprint density at radius 3 is 2.48 bits per heavy atom. The number of nitrogens with one attached hydrogen (secondary N) is 1. The lowest BCUT2D eigenvalue weighted by atomic mass is 10.0. The molecule has 29 heavy (non-hydrogen) atoms. The van der Waals surface area contributed by atoms with Crippen molar-refractivity contribution in [1.82, 2.24) is 5.32 Å². The highest BCUT2D eigenvalue weighted by Crippen LogP contribution is 2.25. The first-order valence-electron chi connectivity index (χ1n) is 8.65. The Labute approximate surface area is 170 Å². The summed E-state index contributed by atoms with van der Waals surface area (Å²) in [7, 11) is 1.51. The molecule has 1 aliphatic heterocycles. The van der Waals surface area contributed by atoms with E-state index in [1.165, 1.54) is 7.11 Å². The summed E-state index contributed by atoms with van der Waals surface area (Å²) in [6, 6.07) is 13.1. The van der Waals surface area contributed by atoms with Crippen LogP contribution in [0.15, 0.2) is 48.5 Å². The molecular formula is C20H18N2O6S. The second kappa shape index (κ2) is 8.78. The number of ether oxygens (including phenoxy) is 1. The van der Waals surface area contributed by atoms with Crippen molar-refractivity contribution in [2.24, 2.45) is 0 Å². The van der Waals surface area contributed by atoms with Crippen molar-refractivity contribution in [3.63, 3.8) is 0 Å². The summed E-state index contributed by atoms with van der Waals surface area (Å²) < 4.78 is 5.09. The van der Waals surface area contributed by atoms with Gasteiger partial charge in [0.1, 0.15) is 12.3 Å². The van der Waals surface area contributed by atoms with Gasteiger partial charge in [0.05, 0.1) is 12.4 Å². The summed E-state index contributed by atoms with van der Waals surface area (Å²) in [5.74, 6) is -1.41. The van der Waals surface area contributed by atoms with E-state index in [1.807, 2.05) is 0 Å². The molecule has 0 aromatic heterocycles. The van der Waals surface area contributed by atoms with Crippen LogP contribution in [0, 0.1) is 0 Å². The molecule has 0 bridgehead atoms. The van der Waals surface area contributed by atoms with Gasteiger partial charge in [-0.15, -0.1) is 0 Å². The minimum Gasteiger partial charge on any atom is -0.497 e. The van der Waals surface area contributed by atoms with Crippen LogP contribution in [0.5, 0.6) is 5.75 Å². The van der Waals surface area contributed by atoms with Crippen LogP contribution in [0.3, 0.4) is 0 Å². The molecule has 1 saturated heterocycles. The van der Waals surface area contributed by atoms with Gasteiger partial charge in [-0.1, -0.05) is 23.9 Å². The van der Waals surface area contributed by atoms with Gasteiger partial charge >= 0.3 is 5.97 Å². The number of imide groups is 1. The molecule has 2 aromatic carbocycles. The number of methoxy groups -OCH3 is 1. The summed E-state index contributed by atoms with van der Waals surface area (Å²) >= 11 is 0.913. The van der Waals surface area contributed by atoms with Crippen LogP contribution in [0.4, 0.5) is 10.5 Å². The van der Waals surface area contributed by atoms with E-state index < -0.39 is 23.7 Å². The summed E-state index contributed by atoms with van der Waals surface area (Å²) in [6.45, 7) is -0.509. The molecule has 9 heteroatoms. The van der Waals surface area contributed by atoms with E-state index in [-0.39, 0.29) is 23.1 Å². The van der Waals surface area contributed by atoms with Gasteiger partial charge in [-0.3, -0.25) is 29.4 Å². The lowest BCUT2D eigenvalue weighted by Crippen LogP contribution is -2.35. The van der Waals surface area contributed by atoms with Crippen LogP contribution < -0.4 is 15.0 Å². The first-order chi connectivity index (χ1) is 13.9. The van der Waals surface area contributed by atoms with E-state index in [9.17, 15) is 24.3 Å². The van der Waals surface area contributed by atoms with E-state index in [0.717, 1.165) is 16.7 Å². The number of hydrogen-bond acceptors (Lipinski definition) is 6. The number of carbonyl (C=O) groups is 4. The molecule has 8 nitrogen and oxygen atoms in total. The third-order valence-electron chi connectivity index (χ3n) is 4.28. The fraction of sp³-hybridized carbons (Fsp3) is 0.200. The number of carboxylic acids is 1. The fourth-order valence-corrected chi connectivity index (χ4v) is 3.77. The molecule has 1 atom stereocenters. The van der Waals surface area contributed by atoms with E-state index in [2.05, 4.69) is 5.32 Å². The maximum Gasteiger partial charge on any atom is 0.323 e. The molecule has 1 heterocycles. The average Bonchev–Trinajstić information content (AvgIpc) is 3.02. The van der Waals surface area contributed by atoms with Crippen molar-refractivity contribution in [3.05, 3.63) is 59.7 Å². The zero-order valence-corrected chi connectivity index (χ0v) is 16.3. The molecule has 0 spiro atoms. The molecule has 150 valence electrons.